The number of benzene rings is 3. The zero-order valence-electron chi connectivity index (χ0n) is 16.0. The van der Waals surface area contributed by atoms with E-state index in [1.807, 2.05) is 59.8 Å². The summed E-state index contributed by atoms with van der Waals surface area (Å²) in [5.41, 5.74) is 3.24. The van der Waals surface area contributed by atoms with Crippen LogP contribution in [-0.2, 0) is 0 Å². The van der Waals surface area contributed by atoms with Crippen LogP contribution in [0.4, 0.5) is 5.69 Å². The van der Waals surface area contributed by atoms with Crippen LogP contribution in [0.15, 0.2) is 53.0 Å². The van der Waals surface area contributed by atoms with Crippen LogP contribution in [0.5, 0.6) is 11.5 Å². The van der Waals surface area contributed by atoms with Gasteiger partial charge >= 0.3 is 0 Å². The van der Waals surface area contributed by atoms with Crippen LogP contribution in [-0.4, -0.2) is 23.8 Å². The van der Waals surface area contributed by atoms with Crippen molar-refractivity contribution in [2.45, 2.75) is 6.92 Å². The third kappa shape index (κ3) is 4.97. The highest BCUT2D eigenvalue weighted by Gasteiger charge is 2.18. The molecule has 3 rings (SSSR count). The van der Waals surface area contributed by atoms with Crippen LogP contribution in [0, 0.1) is 19.5 Å². The summed E-state index contributed by atoms with van der Waals surface area (Å²) >= 11 is 7.50. The normalized spacial score (nSPS) is 10.6. The fourth-order valence-electron chi connectivity index (χ4n) is 2.89. The number of rotatable bonds is 5. The summed E-state index contributed by atoms with van der Waals surface area (Å²) in [7, 11) is 1.53. The standard InChI is InChI=1S/C22H17BrI2N2O3/c1-11-7-15(20(26)12-3-5-13(23)6-4-12)19(30-2)10-18(11)27-22(29)16-8-14(24)9-17(25)21(16)28/h3-10,26,28H,1-2H3,(H,27,29). The lowest BCUT2D eigenvalue weighted by molar-refractivity contribution is 0.102. The molecule has 3 aromatic rings. The maximum atomic E-state index is 12.8. The van der Waals surface area contributed by atoms with E-state index in [2.05, 4.69) is 43.8 Å². The molecular formula is C22H17BrI2N2O3. The number of halogens is 3. The number of methoxy groups -OCH3 is 1. The van der Waals surface area contributed by atoms with Gasteiger partial charge in [0.2, 0.25) is 0 Å². The molecular weight excluding hydrogens is 674 g/mol. The molecule has 8 heteroatoms. The molecule has 154 valence electrons. The Morgan fingerprint density at radius 1 is 1.10 bits per heavy atom. The van der Waals surface area contributed by atoms with Gasteiger partial charge in [0.25, 0.3) is 5.91 Å². The van der Waals surface area contributed by atoms with E-state index in [0.29, 0.717) is 26.3 Å². The van der Waals surface area contributed by atoms with Crippen molar-refractivity contribution in [3.8, 4) is 11.5 Å². The maximum Gasteiger partial charge on any atom is 0.259 e. The summed E-state index contributed by atoms with van der Waals surface area (Å²) in [4.78, 5) is 12.8. The second kappa shape index (κ2) is 9.65. The van der Waals surface area contributed by atoms with E-state index in [-0.39, 0.29) is 11.3 Å². The minimum atomic E-state index is -0.412. The third-order valence-corrected chi connectivity index (χ3v) is 6.44. The van der Waals surface area contributed by atoms with Crippen molar-refractivity contribution in [1.29, 1.82) is 5.41 Å². The van der Waals surface area contributed by atoms with Crippen LogP contribution < -0.4 is 10.1 Å². The molecule has 0 unspecified atom stereocenters. The van der Waals surface area contributed by atoms with Crippen molar-refractivity contribution in [3.05, 3.63) is 82.4 Å². The summed E-state index contributed by atoms with van der Waals surface area (Å²) in [5, 5.41) is 21.7. The Bertz CT molecular complexity index is 1150. The molecule has 30 heavy (non-hydrogen) atoms. The molecule has 5 nitrogen and oxygen atoms in total. The van der Waals surface area contributed by atoms with E-state index in [4.69, 9.17) is 10.1 Å². The predicted molar refractivity (Wildman–Crippen MR) is 139 cm³/mol. The lowest BCUT2D eigenvalue weighted by atomic mass is 9.98. The van der Waals surface area contributed by atoms with Gasteiger partial charge in [0.05, 0.1) is 22.0 Å². The first kappa shape index (κ1) is 23.0. The van der Waals surface area contributed by atoms with Gasteiger partial charge in [-0.15, -0.1) is 0 Å². The van der Waals surface area contributed by atoms with Crippen molar-refractivity contribution in [1.82, 2.24) is 0 Å². The molecule has 3 N–H and O–H groups in total. The molecule has 0 saturated heterocycles. The highest BCUT2D eigenvalue weighted by Crippen LogP contribution is 2.31. The van der Waals surface area contributed by atoms with Gasteiger partial charge in [-0.3, -0.25) is 10.2 Å². The van der Waals surface area contributed by atoms with E-state index in [0.717, 1.165) is 19.2 Å². The summed E-state index contributed by atoms with van der Waals surface area (Å²) in [6, 6.07) is 14.4. The highest BCUT2D eigenvalue weighted by molar-refractivity contribution is 14.1. The summed E-state index contributed by atoms with van der Waals surface area (Å²) in [5.74, 6) is 0.0156. The zero-order chi connectivity index (χ0) is 22.0. The first-order chi connectivity index (χ1) is 14.2. The third-order valence-electron chi connectivity index (χ3n) is 4.47. The van der Waals surface area contributed by atoms with Crippen LogP contribution in [0.1, 0.15) is 27.0 Å². The number of carbonyl (C=O) groups excluding carboxylic acids is 1. The zero-order valence-corrected chi connectivity index (χ0v) is 21.9. The molecule has 0 radical (unpaired) electrons. The lowest BCUT2D eigenvalue weighted by Crippen LogP contribution is -2.14. The average Bonchev–Trinajstić information content (AvgIpc) is 2.71. The fourth-order valence-corrected chi connectivity index (χ4v) is 5.00. The van der Waals surface area contributed by atoms with Gasteiger partial charge in [0, 0.05) is 30.9 Å². The topological polar surface area (TPSA) is 82.4 Å². The van der Waals surface area contributed by atoms with E-state index in [1.165, 1.54) is 7.11 Å². The number of aromatic hydroxyl groups is 1. The number of carbonyl (C=O) groups is 1. The average molecular weight is 691 g/mol. The molecule has 0 atom stereocenters. The number of ether oxygens (including phenoxy) is 1. The Morgan fingerprint density at radius 2 is 1.77 bits per heavy atom. The Morgan fingerprint density at radius 3 is 2.40 bits per heavy atom. The molecule has 0 heterocycles. The fraction of sp³-hybridized carbons (Fsp3) is 0.0909. The quantitative estimate of drug-likeness (QED) is 0.216. The first-order valence-corrected chi connectivity index (χ1v) is 11.7. The Hall–Kier alpha value is -1.66. The minimum Gasteiger partial charge on any atom is -0.506 e. The van der Waals surface area contributed by atoms with Gasteiger partial charge in [-0.2, -0.15) is 0 Å². The van der Waals surface area contributed by atoms with E-state index < -0.39 is 5.91 Å². The molecule has 0 aliphatic rings. The van der Waals surface area contributed by atoms with Gasteiger partial charge in [-0.25, -0.2) is 0 Å². The second-order valence-corrected chi connectivity index (χ2v) is 9.81. The summed E-state index contributed by atoms with van der Waals surface area (Å²) in [6.07, 6.45) is 0. The Labute approximate surface area is 210 Å². The van der Waals surface area contributed by atoms with Gasteiger partial charge in [-0.05, 0) is 88.0 Å². The van der Waals surface area contributed by atoms with Crippen LogP contribution >= 0.6 is 61.1 Å². The smallest absolute Gasteiger partial charge is 0.259 e. The van der Waals surface area contributed by atoms with Gasteiger partial charge < -0.3 is 15.2 Å². The molecule has 0 aromatic heterocycles. The van der Waals surface area contributed by atoms with Crippen molar-refractivity contribution in [2.75, 3.05) is 12.4 Å². The Balaban J connectivity index is 1.95. The van der Waals surface area contributed by atoms with E-state index >= 15 is 0 Å². The highest BCUT2D eigenvalue weighted by atomic mass is 127. The molecule has 0 aliphatic carbocycles. The summed E-state index contributed by atoms with van der Waals surface area (Å²) < 4.78 is 7.90. The number of anilines is 1. The van der Waals surface area contributed by atoms with Gasteiger partial charge in [0.1, 0.15) is 11.5 Å². The molecule has 3 aromatic carbocycles. The number of hydrogen-bond acceptors (Lipinski definition) is 4. The predicted octanol–water partition coefficient (Wildman–Crippen LogP) is 6.35. The van der Waals surface area contributed by atoms with Gasteiger partial charge in [-0.1, -0.05) is 28.1 Å². The minimum absolute atomic E-state index is 0.0493. The van der Waals surface area contributed by atoms with Crippen LogP contribution in [0.25, 0.3) is 0 Å². The van der Waals surface area contributed by atoms with Crippen molar-refractivity contribution >= 4 is 78.4 Å². The van der Waals surface area contributed by atoms with Crippen LogP contribution in [0.2, 0.25) is 0 Å². The number of amides is 1. The molecule has 0 fully saturated rings. The van der Waals surface area contributed by atoms with Crippen molar-refractivity contribution < 1.29 is 14.6 Å². The number of nitrogens with one attached hydrogen (secondary N) is 2. The van der Waals surface area contributed by atoms with E-state index in [9.17, 15) is 9.90 Å². The maximum absolute atomic E-state index is 12.8. The van der Waals surface area contributed by atoms with Crippen LogP contribution in [0.3, 0.4) is 0 Å². The number of aryl methyl sites for hydroxylation is 1. The molecule has 0 saturated carbocycles. The largest absolute Gasteiger partial charge is 0.506 e. The number of hydrogen-bond donors (Lipinski definition) is 3. The molecule has 1 amide bonds. The van der Waals surface area contributed by atoms with Crippen molar-refractivity contribution in [2.24, 2.45) is 0 Å². The number of phenolic OH excluding ortho intramolecular Hbond substituents is 1. The second-order valence-electron chi connectivity index (χ2n) is 6.49. The Kier molecular flexibility index (Phi) is 7.40. The van der Waals surface area contributed by atoms with E-state index in [1.54, 1.807) is 18.2 Å². The molecule has 0 spiro atoms. The lowest BCUT2D eigenvalue weighted by Gasteiger charge is -2.16. The monoisotopic (exact) mass is 690 g/mol. The molecule has 0 bridgehead atoms. The molecule has 0 aliphatic heterocycles. The SMILES string of the molecule is COc1cc(NC(=O)c2cc(I)cc(I)c2O)c(C)cc1C(=N)c1ccc(Br)cc1. The number of phenols is 1. The van der Waals surface area contributed by atoms with Gasteiger partial charge in [0.15, 0.2) is 0 Å². The first-order valence-electron chi connectivity index (χ1n) is 8.74. The summed E-state index contributed by atoms with van der Waals surface area (Å²) in [6.45, 7) is 1.85. The van der Waals surface area contributed by atoms with Crippen molar-refractivity contribution in [3.63, 3.8) is 0 Å².